The first-order valence-electron chi connectivity index (χ1n) is 3.01. The van der Waals surface area contributed by atoms with Crippen molar-refractivity contribution >= 4 is 9.84 Å². The molecule has 0 saturated carbocycles. The molecular weight excluding hydrogens is 203 g/mol. The second-order valence-corrected chi connectivity index (χ2v) is 4.21. The van der Waals surface area contributed by atoms with E-state index in [1.807, 2.05) is 0 Å². The van der Waals surface area contributed by atoms with Crippen LogP contribution in [-0.4, -0.2) is 29.7 Å². The molecule has 0 aliphatic rings. The molecule has 1 heterocycles. The van der Waals surface area contributed by atoms with E-state index in [0.29, 0.717) is 0 Å². The minimum atomic E-state index is -3.76. The van der Waals surface area contributed by atoms with Gasteiger partial charge in [-0.3, -0.25) is 9.78 Å². The van der Waals surface area contributed by atoms with Crippen molar-refractivity contribution in [2.45, 2.75) is 5.16 Å². The quantitative estimate of drug-likeness (QED) is 0.577. The monoisotopic (exact) mass is 208 g/mol. The van der Waals surface area contributed by atoms with Crippen molar-refractivity contribution in [3.63, 3.8) is 0 Å². The van der Waals surface area contributed by atoms with Crippen LogP contribution in [0.4, 0.5) is 4.39 Å². The fourth-order valence-electron chi connectivity index (χ4n) is 0.602. The van der Waals surface area contributed by atoms with Crippen LogP contribution in [0.2, 0.25) is 0 Å². The molecule has 8 heteroatoms. The molecule has 0 spiro atoms. The van der Waals surface area contributed by atoms with Gasteiger partial charge in [0.05, 0.1) is 0 Å². The van der Waals surface area contributed by atoms with Crippen LogP contribution in [0, 0.1) is 5.82 Å². The van der Waals surface area contributed by atoms with Crippen LogP contribution < -0.4 is 5.56 Å². The first-order chi connectivity index (χ1) is 5.82. The highest BCUT2D eigenvalue weighted by Crippen LogP contribution is 2.08. The Bertz CT molecular complexity index is 492. The van der Waals surface area contributed by atoms with E-state index in [4.69, 9.17) is 5.11 Å². The minimum absolute atomic E-state index is 0.766. The summed E-state index contributed by atoms with van der Waals surface area (Å²) in [6.07, 6.45) is 0.766. The zero-order valence-corrected chi connectivity index (χ0v) is 7.22. The SMILES string of the molecule is CS(=O)(=O)c1nc(O)c(F)c(=O)[nH]1. The van der Waals surface area contributed by atoms with E-state index in [1.54, 1.807) is 4.98 Å². The third-order valence-corrected chi connectivity index (χ3v) is 2.07. The zero-order valence-electron chi connectivity index (χ0n) is 6.41. The lowest BCUT2D eigenvalue weighted by molar-refractivity contribution is 0.395. The van der Waals surface area contributed by atoms with Crippen LogP contribution in [0.15, 0.2) is 9.95 Å². The standard InChI is InChI=1S/C5H5FN2O4S/c1-13(11,12)5-7-3(9)2(6)4(10)8-5/h1H3,(H2,7,8,9,10). The maximum atomic E-state index is 12.4. The van der Waals surface area contributed by atoms with Crippen LogP contribution in [0.5, 0.6) is 5.88 Å². The number of aromatic amines is 1. The first-order valence-corrected chi connectivity index (χ1v) is 4.90. The highest BCUT2D eigenvalue weighted by molar-refractivity contribution is 7.90. The Hall–Kier alpha value is -1.44. The fourth-order valence-corrected chi connectivity index (χ4v) is 1.13. The maximum Gasteiger partial charge on any atom is 0.291 e. The van der Waals surface area contributed by atoms with Crippen LogP contribution in [0.3, 0.4) is 0 Å². The van der Waals surface area contributed by atoms with Gasteiger partial charge in [0.15, 0.2) is 0 Å². The number of halogens is 1. The van der Waals surface area contributed by atoms with E-state index in [-0.39, 0.29) is 0 Å². The van der Waals surface area contributed by atoms with Crippen molar-refractivity contribution in [2.24, 2.45) is 0 Å². The molecule has 0 unspecified atom stereocenters. The lowest BCUT2D eigenvalue weighted by Gasteiger charge is -1.97. The van der Waals surface area contributed by atoms with Gasteiger partial charge in [-0.25, -0.2) is 8.42 Å². The summed E-state index contributed by atoms with van der Waals surface area (Å²) in [6.45, 7) is 0. The number of nitrogens with zero attached hydrogens (tertiary/aromatic N) is 1. The van der Waals surface area contributed by atoms with Crippen molar-refractivity contribution in [1.82, 2.24) is 9.97 Å². The number of rotatable bonds is 1. The van der Waals surface area contributed by atoms with Gasteiger partial charge in [0, 0.05) is 6.26 Å². The molecule has 0 fully saturated rings. The van der Waals surface area contributed by atoms with E-state index in [0.717, 1.165) is 6.26 Å². The lowest BCUT2D eigenvalue weighted by Crippen LogP contribution is -2.17. The number of H-pyrrole nitrogens is 1. The van der Waals surface area contributed by atoms with E-state index < -0.39 is 32.3 Å². The largest absolute Gasteiger partial charge is 0.491 e. The number of hydrogen-bond acceptors (Lipinski definition) is 5. The van der Waals surface area contributed by atoms with Crippen molar-refractivity contribution < 1.29 is 17.9 Å². The Kier molecular flexibility index (Phi) is 2.08. The summed E-state index contributed by atoms with van der Waals surface area (Å²) in [5.41, 5.74) is -1.33. The molecule has 2 N–H and O–H groups in total. The zero-order chi connectivity index (χ0) is 10.2. The second kappa shape index (κ2) is 2.80. The molecule has 0 radical (unpaired) electrons. The lowest BCUT2D eigenvalue weighted by atomic mass is 10.6. The predicted octanol–water partition coefficient (Wildman–Crippen LogP) is -0.982. The predicted molar refractivity (Wildman–Crippen MR) is 39.6 cm³/mol. The number of nitrogens with one attached hydrogen (secondary N) is 1. The summed E-state index contributed by atoms with van der Waals surface area (Å²) in [5.74, 6) is -2.74. The molecule has 1 aromatic heterocycles. The Morgan fingerprint density at radius 3 is 2.46 bits per heavy atom. The Morgan fingerprint density at radius 2 is 2.08 bits per heavy atom. The number of aromatic nitrogens is 2. The fraction of sp³-hybridized carbons (Fsp3) is 0.200. The van der Waals surface area contributed by atoms with Gasteiger partial charge in [0.1, 0.15) is 0 Å². The van der Waals surface area contributed by atoms with Crippen LogP contribution >= 0.6 is 0 Å². The van der Waals surface area contributed by atoms with Gasteiger partial charge in [-0.15, -0.1) is 0 Å². The highest BCUT2D eigenvalue weighted by Gasteiger charge is 2.16. The van der Waals surface area contributed by atoms with Crippen LogP contribution in [0.1, 0.15) is 0 Å². The Morgan fingerprint density at radius 1 is 1.54 bits per heavy atom. The molecule has 0 amide bonds. The molecule has 1 aromatic rings. The smallest absolute Gasteiger partial charge is 0.291 e. The second-order valence-electron chi connectivity index (χ2n) is 2.28. The molecule has 1 rings (SSSR count). The number of aromatic hydroxyl groups is 1. The molecule has 13 heavy (non-hydrogen) atoms. The number of sulfone groups is 1. The molecule has 6 nitrogen and oxygen atoms in total. The Labute approximate surface area is 72.0 Å². The number of hydrogen-bond donors (Lipinski definition) is 2. The van der Waals surface area contributed by atoms with Gasteiger partial charge < -0.3 is 5.11 Å². The molecule has 0 atom stereocenters. The maximum absolute atomic E-state index is 12.4. The summed E-state index contributed by atoms with van der Waals surface area (Å²) < 4.78 is 34.0. The van der Waals surface area contributed by atoms with E-state index in [9.17, 15) is 17.6 Å². The molecule has 0 bridgehead atoms. The highest BCUT2D eigenvalue weighted by atomic mass is 32.2. The molecule has 0 aliphatic carbocycles. The third kappa shape index (κ3) is 1.83. The van der Waals surface area contributed by atoms with Gasteiger partial charge in [-0.1, -0.05) is 0 Å². The van der Waals surface area contributed by atoms with E-state index in [1.165, 1.54) is 0 Å². The first kappa shape index (κ1) is 9.65. The molecule has 0 aliphatic heterocycles. The summed E-state index contributed by atoms with van der Waals surface area (Å²) >= 11 is 0. The van der Waals surface area contributed by atoms with Crippen LogP contribution in [-0.2, 0) is 9.84 Å². The molecule has 0 saturated heterocycles. The van der Waals surface area contributed by atoms with Crippen molar-refractivity contribution in [3.05, 3.63) is 16.2 Å². The van der Waals surface area contributed by atoms with E-state index >= 15 is 0 Å². The molecule has 72 valence electrons. The molecular formula is C5H5FN2O4S. The summed E-state index contributed by atoms with van der Waals surface area (Å²) in [7, 11) is -3.76. The molecule has 0 aromatic carbocycles. The summed E-state index contributed by atoms with van der Waals surface area (Å²) in [5, 5.41) is 7.91. The average Bonchev–Trinajstić information content (AvgIpc) is 1.97. The summed E-state index contributed by atoms with van der Waals surface area (Å²) in [6, 6.07) is 0. The average molecular weight is 208 g/mol. The van der Waals surface area contributed by atoms with E-state index in [2.05, 4.69) is 4.98 Å². The van der Waals surface area contributed by atoms with Gasteiger partial charge in [0.25, 0.3) is 11.4 Å². The van der Waals surface area contributed by atoms with Crippen molar-refractivity contribution in [3.8, 4) is 5.88 Å². The van der Waals surface area contributed by atoms with Gasteiger partial charge in [-0.2, -0.15) is 9.37 Å². The summed E-state index contributed by atoms with van der Waals surface area (Å²) in [4.78, 5) is 15.2. The Balaban J connectivity index is 3.56. The minimum Gasteiger partial charge on any atom is -0.491 e. The normalized spacial score (nSPS) is 11.5. The van der Waals surface area contributed by atoms with Gasteiger partial charge in [-0.05, 0) is 0 Å². The van der Waals surface area contributed by atoms with Gasteiger partial charge in [0.2, 0.25) is 20.8 Å². The van der Waals surface area contributed by atoms with Gasteiger partial charge >= 0.3 is 0 Å². The third-order valence-electron chi connectivity index (χ3n) is 1.17. The van der Waals surface area contributed by atoms with Crippen LogP contribution in [0.25, 0.3) is 0 Å². The van der Waals surface area contributed by atoms with Crippen molar-refractivity contribution in [2.75, 3.05) is 6.26 Å². The topological polar surface area (TPSA) is 100 Å². The van der Waals surface area contributed by atoms with Crippen molar-refractivity contribution in [1.29, 1.82) is 0 Å².